The van der Waals surface area contributed by atoms with Crippen LogP contribution in [0.2, 0.25) is 5.02 Å². The average Bonchev–Trinajstić information content (AvgIpc) is 2.53. The van der Waals surface area contributed by atoms with E-state index in [2.05, 4.69) is 6.92 Å². The lowest BCUT2D eigenvalue weighted by atomic mass is 10.1. The van der Waals surface area contributed by atoms with Crippen LogP contribution in [-0.4, -0.2) is 5.97 Å². The number of benzene rings is 2. The van der Waals surface area contributed by atoms with Crippen molar-refractivity contribution in [1.29, 1.82) is 0 Å². The van der Waals surface area contributed by atoms with Gasteiger partial charge in [0, 0.05) is 6.07 Å². The van der Waals surface area contributed by atoms with Gasteiger partial charge >= 0.3 is 16.2 Å². The number of carbonyl (C=O) groups is 1. The Morgan fingerprint density at radius 3 is 2.15 bits per heavy atom. The number of unbranched alkanes of at least 4 members (excludes halogenated alkanes) is 2. The Balaban J connectivity index is 2.11. The summed E-state index contributed by atoms with van der Waals surface area (Å²) in [5.41, 5.74) is 1.23. The van der Waals surface area contributed by atoms with E-state index < -0.39 is 26.1 Å². The maximum atomic E-state index is 12.8. The Morgan fingerprint density at radius 1 is 1.00 bits per heavy atom. The fourth-order valence-corrected chi connectivity index (χ4v) is 3.77. The number of carbonyl (C=O) groups excluding carboxylic acids is 1. The van der Waals surface area contributed by atoms with Gasteiger partial charge in [0.05, 0.1) is 10.6 Å². The molecule has 0 amide bonds. The summed E-state index contributed by atoms with van der Waals surface area (Å²) in [5.74, 6) is -1.19. The maximum absolute atomic E-state index is 12.8. The van der Waals surface area contributed by atoms with E-state index in [0.29, 0.717) is 12.1 Å². The topological polar surface area (TPSA) is 26.3 Å². The summed E-state index contributed by atoms with van der Waals surface area (Å²) >= 11 is 5.34. The summed E-state index contributed by atoms with van der Waals surface area (Å²) in [5, 5.41) is -1.23. The third-order valence-electron chi connectivity index (χ3n) is 3.79. The number of aryl methyl sites for hydroxylation is 1. The van der Waals surface area contributed by atoms with Gasteiger partial charge in [-0.25, -0.2) is 4.79 Å². The van der Waals surface area contributed by atoms with Gasteiger partial charge in [0.25, 0.3) is 0 Å². The first-order valence-corrected chi connectivity index (χ1v) is 10.5. The molecule has 0 aromatic heterocycles. The van der Waals surface area contributed by atoms with Crippen molar-refractivity contribution in [1.82, 2.24) is 0 Å². The Hall–Kier alpha value is -1.80. The second kappa shape index (κ2) is 6.98. The molecule has 0 fully saturated rings. The highest BCUT2D eigenvalue weighted by atomic mass is 35.5. The zero-order valence-corrected chi connectivity index (χ0v) is 15.9. The quantitative estimate of drug-likeness (QED) is 0.193. The number of rotatable bonds is 7. The Bertz CT molecular complexity index is 836. The van der Waals surface area contributed by atoms with Crippen LogP contribution in [0.1, 0.15) is 42.1 Å². The summed E-state index contributed by atoms with van der Waals surface area (Å²) in [6.45, 7) is 2.09. The molecule has 0 aliphatic heterocycles. The summed E-state index contributed by atoms with van der Waals surface area (Å²) in [6, 6.07) is 7.89. The molecule has 2 aromatic carbocycles. The standard InChI is InChI=1S/C18H18ClF5O2S/c1-2-3-4-5-13-6-8-14(9-7-13)18(25)26-15-10-11-17(16(19)12-15)27(20,21,22,23)24/h6-12H,2-5H2,1H3. The molecule has 0 radical (unpaired) electrons. The number of ether oxygens (including phenoxy) is 1. The molecule has 2 rings (SSSR count). The van der Waals surface area contributed by atoms with Gasteiger partial charge < -0.3 is 4.74 Å². The van der Waals surface area contributed by atoms with Gasteiger partial charge in [0.2, 0.25) is 0 Å². The van der Waals surface area contributed by atoms with Crippen molar-refractivity contribution in [2.75, 3.05) is 0 Å². The normalized spacial score (nSPS) is 14.3. The van der Waals surface area contributed by atoms with Gasteiger partial charge in [-0.05, 0) is 42.7 Å². The Kier molecular flexibility index (Phi) is 5.56. The maximum Gasteiger partial charge on any atom is 0.343 e. The lowest BCUT2D eigenvalue weighted by Gasteiger charge is -2.41. The number of esters is 1. The summed E-state index contributed by atoms with van der Waals surface area (Å²) in [6.07, 6.45) is 4.08. The molecule has 0 atom stereocenters. The summed E-state index contributed by atoms with van der Waals surface area (Å²) < 4.78 is 69.1. The van der Waals surface area contributed by atoms with E-state index in [4.69, 9.17) is 16.3 Å². The molecule has 0 aliphatic rings. The van der Waals surface area contributed by atoms with Gasteiger partial charge in [-0.3, -0.25) is 0 Å². The second-order valence-electron chi connectivity index (χ2n) is 6.10. The molecule has 9 heteroatoms. The third kappa shape index (κ3) is 6.10. The minimum atomic E-state index is -9.91. The highest BCUT2D eigenvalue weighted by Gasteiger charge is 2.66. The van der Waals surface area contributed by atoms with E-state index >= 15 is 0 Å². The molecule has 0 heterocycles. The van der Waals surface area contributed by atoms with E-state index in [1.165, 1.54) is 12.1 Å². The molecule has 2 nitrogen and oxygen atoms in total. The van der Waals surface area contributed by atoms with Gasteiger partial charge in [-0.15, -0.1) is 0 Å². The van der Waals surface area contributed by atoms with Crippen molar-refractivity contribution in [2.24, 2.45) is 0 Å². The number of halogens is 6. The fraction of sp³-hybridized carbons (Fsp3) is 0.278. The highest BCUT2D eigenvalue weighted by Crippen LogP contribution is 3.02. The minimum Gasteiger partial charge on any atom is -0.423 e. The largest absolute Gasteiger partial charge is 0.423 e. The lowest BCUT2D eigenvalue weighted by Crippen LogP contribution is -2.10. The van der Waals surface area contributed by atoms with Gasteiger partial charge in [0.1, 0.15) is 10.6 Å². The van der Waals surface area contributed by atoms with Crippen LogP contribution in [0.5, 0.6) is 5.75 Å². The average molecular weight is 429 g/mol. The van der Waals surface area contributed by atoms with Crippen LogP contribution in [0.25, 0.3) is 0 Å². The van der Waals surface area contributed by atoms with Crippen LogP contribution < -0.4 is 4.74 Å². The predicted octanol–water partition coefficient (Wildman–Crippen LogP) is 7.95. The van der Waals surface area contributed by atoms with Gasteiger partial charge in [-0.2, -0.15) is 0 Å². The van der Waals surface area contributed by atoms with E-state index in [9.17, 15) is 24.2 Å². The van der Waals surface area contributed by atoms with Crippen LogP contribution in [0, 0.1) is 0 Å². The van der Waals surface area contributed by atoms with Crippen LogP contribution in [-0.2, 0) is 6.42 Å². The number of hydrogen-bond acceptors (Lipinski definition) is 2. The molecule has 150 valence electrons. The van der Waals surface area contributed by atoms with E-state index in [1.807, 2.05) is 0 Å². The molecule has 0 N–H and O–H groups in total. The number of hydrogen-bond donors (Lipinski definition) is 0. The molecular formula is C18H18ClF5O2S. The van der Waals surface area contributed by atoms with E-state index in [0.717, 1.165) is 31.2 Å². The third-order valence-corrected chi connectivity index (χ3v) is 5.40. The summed E-state index contributed by atoms with van der Waals surface area (Å²) in [4.78, 5) is 9.86. The molecule has 27 heavy (non-hydrogen) atoms. The van der Waals surface area contributed by atoms with Crippen molar-refractivity contribution >= 4 is 27.8 Å². The Labute approximate surface area is 159 Å². The van der Waals surface area contributed by atoms with Crippen LogP contribution in [0.15, 0.2) is 47.4 Å². The first-order chi connectivity index (χ1) is 12.3. The fourth-order valence-electron chi connectivity index (χ4n) is 2.41. The molecule has 0 aliphatic carbocycles. The van der Waals surface area contributed by atoms with Crippen LogP contribution in [0.4, 0.5) is 19.4 Å². The minimum absolute atomic E-state index is 0.114. The lowest BCUT2D eigenvalue weighted by molar-refractivity contribution is 0.0734. The van der Waals surface area contributed by atoms with Crippen molar-refractivity contribution in [3.63, 3.8) is 0 Å². The van der Waals surface area contributed by atoms with Crippen LogP contribution >= 0.6 is 21.8 Å². The molecule has 0 saturated carbocycles. The van der Waals surface area contributed by atoms with Gasteiger partial charge in [0.15, 0.2) is 0 Å². The molecule has 0 spiro atoms. The SMILES string of the molecule is CCCCCc1ccc(C(=O)Oc2ccc(S(F)(F)(F)(F)F)c(Cl)c2)cc1. The highest BCUT2D eigenvalue weighted by molar-refractivity contribution is 8.45. The first-order valence-electron chi connectivity index (χ1n) is 8.15. The monoisotopic (exact) mass is 428 g/mol. The molecule has 0 bridgehead atoms. The van der Waals surface area contributed by atoms with Crippen molar-refractivity contribution in [2.45, 2.75) is 37.5 Å². The zero-order valence-electron chi connectivity index (χ0n) is 14.4. The molecule has 0 unspecified atom stereocenters. The second-order valence-corrected chi connectivity index (χ2v) is 8.89. The molecular weight excluding hydrogens is 411 g/mol. The molecule has 2 aromatic rings. The first kappa shape index (κ1) is 21.5. The Morgan fingerprint density at radius 2 is 1.63 bits per heavy atom. The van der Waals surface area contributed by atoms with Crippen molar-refractivity contribution in [3.05, 3.63) is 58.6 Å². The van der Waals surface area contributed by atoms with Crippen molar-refractivity contribution < 1.29 is 29.0 Å². The van der Waals surface area contributed by atoms with E-state index in [1.54, 1.807) is 12.1 Å². The van der Waals surface area contributed by atoms with Crippen molar-refractivity contribution in [3.8, 4) is 5.75 Å². The van der Waals surface area contributed by atoms with E-state index in [-0.39, 0.29) is 17.4 Å². The summed E-state index contributed by atoms with van der Waals surface area (Å²) in [7, 11) is -9.91. The molecule has 0 saturated heterocycles. The smallest absolute Gasteiger partial charge is 0.343 e. The van der Waals surface area contributed by atoms with Gasteiger partial charge in [-0.1, -0.05) is 62.9 Å². The zero-order chi connectivity index (χ0) is 20.4. The predicted molar refractivity (Wildman–Crippen MR) is 97.5 cm³/mol. The van der Waals surface area contributed by atoms with Crippen LogP contribution in [0.3, 0.4) is 0 Å².